The average Bonchev–Trinajstić information content (AvgIpc) is 2.45. The smallest absolute Gasteiger partial charge is 0.246 e. The van der Waals surface area contributed by atoms with Crippen LogP contribution in [0.2, 0.25) is 0 Å². The van der Waals surface area contributed by atoms with Crippen molar-refractivity contribution in [3.8, 4) is 0 Å². The number of carbonyl (C=O) groups excluding carboxylic acids is 1. The van der Waals surface area contributed by atoms with Crippen molar-refractivity contribution in [1.29, 1.82) is 0 Å². The van der Waals surface area contributed by atoms with Gasteiger partial charge >= 0.3 is 0 Å². The lowest BCUT2D eigenvalue weighted by Crippen LogP contribution is -2.45. The fourth-order valence-electron chi connectivity index (χ4n) is 2.20. The monoisotopic (exact) mass is 245 g/mol. The number of aryl methyl sites for hydroxylation is 1. The molecule has 0 spiro atoms. The third-order valence-corrected chi connectivity index (χ3v) is 3.22. The minimum absolute atomic E-state index is 0.00279. The van der Waals surface area contributed by atoms with Crippen LogP contribution in [0.1, 0.15) is 12.0 Å². The van der Waals surface area contributed by atoms with Crippen LogP contribution in [0.3, 0.4) is 0 Å². The molecule has 0 N–H and O–H groups in total. The minimum Gasteiger partial charge on any atom is -0.375 e. The second-order valence-electron chi connectivity index (χ2n) is 4.51. The highest BCUT2D eigenvalue weighted by molar-refractivity contribution is 5.87. The zero-order chi connectivity index (χ0) is 12.8. The fraction of sp³-hybridized carbons (Fsp3) is 0.400. The molecular weight excluding hydrogens is 226 g/mol. The zero-order valence-corrected chi connectivity index (χ0v) is 10.5. The average molecular weight is 245 g/mol. The molecule has 1 aromatic carbocycles. The Bertz CT molecular complexity index is 402. The van der Waals surface area contributed by atoms with Crippen LogP contribution in [0.15, 0.2) is 43.0 Å². The summed E-state index contributed by atoms with van der Waals surface area (Å²) in [6.45, 7) is 5.50. The molecule has 3 heteroatoms. The van der Waals surface area contributed by atoms with E-state index in [4.69, 9.17) is 4.74 Å². The number of hydrogen-bond acceptors (Lipinski definition) is 2. The molecule has 1 saturated heterocycles. The summed E-state index contributed by atoms with van der Waals surface area (Å²) >= 11 is 0. The third kappa shape index (κ3) is 3.44. The van der Waals surface area contributed by atoms with Gasteiger partial charge in [-0.05, 0) is 24.5 Å². The molecule has 1 amide bonds. The van der Waals surface area contributed by atoms with Gasteiger partial charge in [-0.2, -0.15) is 0 Å². The molecule has 1 aromatic rings. The Morgan fingerprint density at radius 3 is 2.94 bits per heavy atom. The lowest BCUT2D eigenvalue weighted by molar-refractivity contribution is -0.133. The van der Waals surface area contributed by atoms with Gasteiger partial charge in [-0.1, -0.05) is 36.9 Å². The molecule has 1 aliphatic heterocycles. The maximum atomic E-state index is 11.5. The van der Waals surface area contributed by atoms with Crippen molar-refractivity contribution in [2.75, 3.05) is 19.7 Å². The van der Waals surface area contributed by atoms with Gasteiger partial charge in [0.15, 0.2) is 0 Å². The second-order valence-corrected chi connectivity index (χ2v) is 4.51. The first kappa shape index (κ1) is 12.8. The SMILES string of the molecule is C=CC(=O)N1CCO[C@@H](CCc2ccccc2)C1. The third-order valence-electron chi connectivity index (χ3n) is 3.22. The lowest BCUT2D eigenvalue weighted by atomic mass is 10.1. The summed E-state index contributed by atoms with van der Waals surface area (Å²) in [7, 11) is 0. The van der Waals surface area contributed by atoms with E-state index in [1.54, 1.807) is 0 Å². The van der Waals surface area contributed by atoms with Crippen molar-refractivity contribution in [2.24, 2.45) is 0 Å². The fourth-order valence-corrected chi connectivity index (χ4v) is 2.20. The topological polar surface area (TPSA) is 29.5 Å². The molecule has 18 heavy (non-hydrogen) atoms. The standard InChI is InChI=1S/C15H19NO2/c1-2-15(17)16-10-11-18-14(12-16)9-8-13-6-4-3-5-7-13/h2-7,14H,1,8-12H2/t14-/m0/s1. The van der Waals surface area contributed by atoms with E-state index >= 15 is 0 Å². The van der Waals surface area contributed by atoms with Crippen LogP contribution < -0.4 is 0 Å². The maximum Gasteiger partial charge on any atom is 0.246 e. The number of nitrogens with zero attached hydrogens (tertiary/aromatic N) is 1. The summed E-state index contributed by atoms with van der Waals surface area (Å²) in [5, 5.41) is 0. The first-order chi connectivity index (χ1) is 8.79. The van der Waals surface area contributed by atoms with Crippen LogP contribution in [0.4, 0.5) is 0 Å². The van der Waals surface area contributed by atoms with Gasteiger partial charge in [0.2, 0.25) is 5.91 Å². The van der Waals surface area contributed by atoms with Crippen LogP contribution in [0.5, 0.6) is 0 Å². The number of amides is 1. The Labute approximate surface area is 108 Å². The van der Waals surface area contributed by atoms with E-state index < -0.39 is 0 Å². The molecule has 0 radical (unpaired) electrons. The van der Waals surface area contributed by atoms with E-state index in [-0.39, 0.29) is 12.0 Å². The molecule has 3 nitrogen and oxygen atoms in total. The highest BCUT2D eigenvalue weighted by Crippen LogP contribution is 2.12. The zero-order valence-electron chi connectivity index (χ0n) is 10.5. The van der Waals surface area contributed by atoms with Crippen molar-refractivity contribution in [2.45, 2.75) is 18.9 Å². The van der Waals surface area contributed by atoms with E-state index in [1.807, 2.05) is 23.1 Å². The Morgan fingerprint density at radius 1 is 1.44 bits per heavy atom. The largest absolute Gasteiger partial charge is 0.375 e. The van der Waals surface area contributed by atoms with E-state index in [0.29, 0.717) is 19.7 Å². The van der Waals surface area contributed by atoms with Crippen molar-refractivity contribution in [3.05, 3.63) is 48.6 Å². The maximum absolute atomic E-state index is 11.5. The molecule has 1 heterocycles. The van der Waals surface area contributed by atoms with Gasteiger partial charge in [0.25, 0.3) is 0 Å². The van der Waals surface area contributed by atoms with Gasteiger partial charge in [-0.25, -0.2) is 0 Å². The number of carbonyl (C=O) groups is 1. The summed E-state index contributed by atoms with van der Waals surface area (Å²) in [6, 6.07) is 10.4. The molecule has 1 fully saturated rings. The van der Waals surface area contributed by atoms with E-state index in [0.717, 1.165) is 12.8 Å². The minimum atomic E-state index is 0.00279. The van der Waals surface area contributed by atoms with E-state index in [9.17, 15) is 4.79 Å². The second kappa shape index (κ2) is 6.36. The molecule has 0 bridgehead atoms. The number of morpholine rings is 1. The molecular formula is C15H19NO2. The molecule has 0 saturated carbocycles. The number of rotatable bonds is 4. The van der Waals surface area contributed by atoms with Gasteiger partial charge in [-0.15, -0.1) is 0 Å². The summed E-state index contributed by atoms with van der Waals surface area (Å²) in [5.74, 6) is 0.00279. The van der Waals surface area contributed by atoms with Crippen molar-refractivity contribution < 1.29 is 9.53 Å². The first-order valence-corrected chi connectivity index (χ1v) is 6.36. The Kier molecular flexibility index (Phi) is 4.53. The summed E-state index contributed by atoms with van der Waals surface area (Å²) in [6.07, 6.45) is 3.45. The van der Waals surface area contributed by atoms with Gasteiger partial charge in [0, 0.05) is 13.1 Å². The highest BCUT2D eigenvalue weighted by Gasteiger charge is 2.22. The predicted octanol–water partition coefficient (Wildman–Crippen LogP) is 2.03. The highest BCUT2D eigenvalue weighted by atomic mass is 16.5. The number of benzene rings is 1. The molecule has 0 aliphatic carbocycles. The van der Waals surface area contributed by atoms with Crippen LogP contribution >= 0.6 is 0 Å². The molecule has 1 aliphatic rings. The first-order valence-electron chi connectivity index (χ1n) is 6.36. The number of hydrogen-bond donors (Lipinski definition) is 0. The Morgan fingerprint density at radius 2 is 2.22 bits per heavy atom. The summed E-state index contributed by atoms with van der Waals surface area (Å²) in [4.78, 5) is 13.4. The number of ether oxygens (including phenoxy) is 1. The van der Waals surface area contributed by atoms with Crippen LogP contribution in [-0.4, -0.2) is 36.6 Å². The van der Waals surface area contributed by atoms with Crippen molar-refractivity contribution >= 4 is 5.91 Å². The molecule has 0 aromatic heterocycles. The molecule has 1 atom stereocenters. The molecule has 2 rings (SSSR count). The van der Waals surface area contributed by atoms with Crippen LogP contribution in [0, 0.1) is 0 Å². The van der Waals surface area contributed by atoms with Crippen molar-refractivity contribution in [1.82, 2.24) is 4.90 Å². The Balaban J connectivity index is 1.83. The lowest BCUT2D eigenvalue weighted by Gasteiger charge is -2.32. The predicted molar refractivity (Wildman–Crippen MR) is 71.3 cm³/mol. The van der Waals surface area contributed by atoms with Gasteiger partial charge in [0.1, 0.15) is 0 Å². The van der Waals surface area contributed by atoms with Crippen molar-refractivity contribution in [3.63, 3.8) is 0 Å². The summed E-state index contributed by atoms with van der Waals surface area (Å²) in [5.41, 5.74) is 1.31. The van der Waals surface area contributed by atoms with Crippen LogP contribution in [-0.2, 0) is 16.0 Å². The Hall–Kier alpha value is -1.61. The van der Waals surface area contributed by atoms with Gasteiger partial charge in [-0.3, -0.25) is 4.79 Å². The van der Waals surface area contributed by atoms with Gasteiger partial charge < -0.3 is 9.64 Å². The molecule has 0 unspecified atom stereocenters. The van der Waals surface area contributed by atoms with Crippen LogP contribution in [0.25, 0.3) is 0 Å². The molecule has 96 valence electrons. The normalized spacial score (nSPS) is 19.6. The van der Waals surface area contributed by atoms with E-state index in [2.05, 4.69) is 18.7 Å². The van der Waals surface area contributed by atoms with Gasteiger partial charge in [0.05, 0.1) is 12.7 Å². The summed E-state index contributed by atoms with van der Waals surface area (Å²) < 4.78 is 5.70. The van der Waals surface area contributed by atoms with E-state index in [1.165, 1.54) is 11.6 Å². The quantitative estimate of drug-likeness (QED) is 0.760.